The van der Waals surface area contributed by atoms with E-state index in [1.807, 2.05) is 26.0 Å². The van der Waals surface area contributed by atoms with Crippen LogP contribution in [0, 0.1) is 59.7 Å². The van der Waals surface area contributed by atoms with Crippen LogP contribution in [0.4, 0.5) is 13.2 Å². The lowest BCUT2D eigenvalue weighted by atomic mass is 9.88. The number of alkyl halides is 2. The van der Waals surface area contributed by atoms with E-state index in [1.54, 1.807) is 27.0 Å². The Morgan fingerprint density at radius 3 is 1.37 bits per heavy atom. The Morgan fingerprint density at radius 2 is 0.967 bits per heavy atom. The van der Waals surface area contributed by atoms with Crippen molar-refractivity contribution in [1.82, 2.24) is 0 Å². The molecule has 0 aromatic heterocycles. The smallest absolute Gasteiger partial charge is 0.248 e. The van der Waals surface area contributed by atoms with Gasteiger partial charge in [0.15, 0.2) is 8.32 Å². The molecule has 0 spiro atoms. The molecule has 0 bridgehead atoms. The summed E-state index contributed by atoms with van der Waals surface area (Å²) in [4.78, 5) is 21.5. The number of hydrogen-bond donors (Lipinski definition) is 0. The molecule has 6 aromatic rings. The van der Waals surface area contributed by atoms with Crippen LogP contribution in [0.3, 0.4) is 0 Å². The van der Waals surface area contributed by atoms with Crippen LogP contribution in [-0.2, 0) is 51.5 Å². The number of ketones is 2. The molecule has 4 nitrogen and oxygen atoms in total. The molecular formula is C112H186F3IO4Si. The van der Waals surface area contributed by atoms with Gasteiger partial charge in [-0.25, -0.2) is 13.2 Å². The maximum absolute atomic E-state index is 12.8. The standard InChI is InChI=1S/C13H28O2Si.C12H18O.C12H18.C11H16.C10H11I.C9H11F.C9H12.C8H18.C7H12F2.C7H14O.2C7H14/c1-8-9-12(10-11(2)14)15-16(6,7)13(3,4)5;1-5-6-11-7-9(2)10(3)12(8-11)13-4;1-10(2)4-7-12-8-5-11(3)6-9-12;1-2-3-5-8-11-9-6-4-7-10-11;1-10(6-7-10)8-2-4-9(11)5-3-8;1-2-5-8-6-3-4-7-9(8)10;1-2-6-9-7-4-3-5-8-9;1-4-6-7-8(3)5-2;1-6-2-4-7(8,9)5-3-6;1-3-4-5-6-7(2)8;2*1-7-5-3-2-4-6-7/h12H,8-10H2,1-7H3;7-8H,5-6H2,1-4H3;5-6,8-10H,4,7H2,1-3H3;4,6-7,9-10H,2-3,5,8H2,1H3;2-5H,6-7H2,1H3;3-4,6-7H,2,5H2,1H3;3-5,7-8H,2,6H2,1H3;8H,4-7H2,1-3H3;6H,2-5H2,1H3;3-6H2,1-2H3;2*7H,2-6H2,1H3/t;;;;;;;8-;;;;/m.......1..../s1. The molecular weight excluding hydrogens is 1620 g/mol. The van der Waals surface area contributed by atoms with Crippen LogP contribution in [0.15, 0.2) is 146 Å². The predicted octanol–water partition coefficient (Wildman–Crippen LogP) is 36.6. The fourth-order valence-electron chi connectivity index (χ4n) is 13.8. The van der Waals surface area contributed by atoms with Crippen molar-refractivity contribution in [1.29, 1.82) is 0 Å². The topological polar surface area (TPSA) is 52.6 Å². The number of Topliss-reactive ketones (excluding diaryl/α,β-unsaturated/α-hetero) is 2. The van der Waals surface area contributed by atoms with Gasteiger partial charge in [-0.05, 0) is 263 Å². The summed E-state index contributed by atoms with van der Waals surface area (Å²) in [5.41, 5.74) is 12.6. The van der Waals surface area contributed by atoms with Gasteiger partial charge in [-0.3, -0.25) is 4.79 Å². The van der Waals surface area contributed by atoms with E-state index in [-0.39, 0.29) is 35.6 Å². The molecule has 0 heterocycles. The van der Waals surface area contributed by atoms with E-state index in [0.717, 1.165) is 79.9 Å². The zero-order valence-electron chi connectivity index (χ0n) is 83.0. The second-order valence-corrected chi connectivity index (χ2v) is 44.0. The summed E-state index contributed by atoms with van der Waals surface area (Å²) in [5, 5.41) is 0.218. The maximum Gasteiger partial charge on any atom is 0.248 e. The van der Waals surface area contributed by atoms with Gasteiger partial charge < -0.3 is 14.0 Å². The Kier molecular flexibility index (Phi) is 70.5. The van der Waals surface area contributed by atoms with Gasteiger partial charge in [-0.1, -0.05) is 393 Å². The van der Waals surface area contributed by atoms with Crippen molar-refractivity contribution < 1.29 is 31.9 Å². The molecule has 121 heavy (non-hydrogen) atoms. The van der Waals surface area contributed by atoms with E-state index in [9.17, 15) is 22.8 Å². The van der Waals surface area contributed by atoms with Gasteiger partial charge >= 0.3 is 0 Å². The molecule has 9 heteroatoms. The van der Waals surface area contributed by atoms with Crippen molar-refractivity contribution >= 4 is 42.5 Å². The quantitative estimate of drug-likeness (QED) is 0.0267. The molecule has 10 rings (SSSR count). The molecule has 0 saturated heterocycles. The highest BCUT2D eigenvalue weighted by molar-refractivity contribution is 14.1. The number of aryl methyl sites for hydroxylation is 7. The SMILES string of the molecule is CC1(c2ccc(I)cc2)CC1.CC1CCC(F)(F)CC1.CC1CCCCC1.CC1CCCCC1.CCCC(CC(C)=O)O[Si](C)(C)C(C)(C)C.CCCCCC(C)=O.CCCCCc1ccccc1.CCCC[C@H](C)CC.CCCc1cc(C)c(C)c(OC)c1.CCCc1ccccc1.CCCc1ccccc1F.Cc1ccc(CCC(C)C)cc1. The lowest BCUT2D eigenvalue weighted by Crippen LogP contribution is -2.44. The molecule has 0 aliphatic heterocycles. The van der Waals surface area contributed by atoms with Crippen LogP contribution in [0.5, 0.6) is 5.75 Å². The Labute approximate surface area is 761 Å². The first-order valence-corrected chi connectivity index (χ1v) is 52.7. The second-order valence-electron chi connectivity index (χ2n) is 38.0. The van der Waals surface area contributed by atoms with Gasteiger partial charge in [0.1, 0.15) is 23.1 Å². The van der Waals surface area contributed by atoms with Crippen molar-refractivity contribution in [3.63, 3.8) is 0 Å². The summed E-state index contributed by atoms with van der Waals surface area (Å²) in [6.45, 7) is 54.3. The molecule has 0 N–H and O–H groups in total. The number of carbonyl (C=O) groups is 2. The largest absolute Gasteiger partial charge is 0.496 e. The number of methoxy groups -OCH3 is 1. The minimum Gasteiger partial charge on any atom is -0.496 e. The summed E-state index contributed by atoms with van der Waals surface area (Å²) in [5.74, 6) is 3.50. The molecule has 0 amide bonds. The predicted molar refractivity (Wildman–Crippen MR) is 540 cm³/mol. The van der Waals surface area contributed by atoms with Gasteiger partial charge in [0, 0.05) is 29.3 Å². The van der Waals surface area contributed by atoms with E-state index in [4.69, 9.17) is 9.16 Å². The average molecular weight is 1810 g/mol. The summed E-state index contributed by atoms with van der Waals surface area (Å²) in [6.07, 6.45) is 46.1. The third-order valence-corrected chi connectivity index (χ3v) is 29.2. The Morgan fingerprint density at radius 1 is 0.504 bits per heavy atom. The molecule has 0 radical (unpaired) electrons. The van der Waals surface area contributed by atoms with E-state index in [2.05, 4.69) is 289 Å². The van der Waals surface area contributed by atoms with Crippen LogP contribution in [0.2, 0.25) is 18.1 Å². The van der Waals surface area contributed by atoms with E-state index < -0.39 is 14.2 Å². The van der Waals surface area contributed by atoms with Gasteiger partial charge in [0.2, 0.25) is 5.92 Å². The molecule has 4 fully saturated rings. The first-order chi connectivity index (χ1) is 57.3. The first kappa shape index (κ1) is 118. The van der Waals surface area contributed by atoms with Crippen LogP contribution >= 0.6 is 22.6 Å². The molecule has 1 unspecified atom stereocenters. The lowest BCUT2D eigenvalue weighted by molar-refractivity contribution is -0.119. The van der Waals surface area contributed by atoms with Crippen LogP contribution in [0.1, 0.15) is 407 Å². The number of halogens is 4. The number of hydrogen-bond acceptors (Lipinski definition) is 4. The monoisotopic (exact) mass is 1810 g/mol. The zero-order chi connectivity index (χ0) is 91.5. The summed E-state index contributed by atoms with van der Waals surface area (Å²) in [6, 6.07) is 50.3. The van der Waals surface area contributed by atoms with Crippen molar-refractivity contribution in [2.24, 2.45) is 29.6 Å². The minimum absolute atomic E-state index is 0.0793. The van der Waals surface area contributed by atoms with Gasteiger partial charge in [0.05, 0.1) is 13.2 Å². The number of unbranched alkanes of at least 4 members (excludes halogenated alkanes) is 5. The number of ether oxygens (including phenoxy) is 1. The van der Waals surface area contributed by atoms with Crippen LogP contribution in [-0.4, -0.2) is 39.0 Å². The van der Waals surface area contributed by atoms with Crippen molar-refractivity contribution in [3.05, 3.63) is 205 Å². The number of carbonyl (C=O) groups excluding carboxylic acids is 2. The molecule has 6 aromatic carbocycles. The van der Waals surface area contributed by atoms with Gasteiger partial charge in [0.25, 0.3) is 0 Å². The summed E-state index contributed by atoms with van der Waals surface area (Å²) < 4.78 is 50.4. The summed E-state index contributed by atoms with van der Waals surface area (Å²) >= 11 is 2.35. The highest BCUT2D eigenvalue weighted by Gasteiger charge is 2.40. The third kappa shape index (κ3) is 65.4. The average Bonchev–Trinajstić information content (AvgIpc) is 1.65. The van der Waals surface area contributed by atoms with Crippen molar-refractivity contribution in [2.75, 3.05) is 7.11 Å². The Hall–Kier alpha value is -4.84. The van der Waals surface area contributed by atoms with E-state index in [1.165, 1.54) is 228 Å². The minimum atomic E-state index is -2.34. The highest BCUT2D eigenvalue weighted by Crippen LogP contribution is 2.47. The normalized spacial score (nSPS) is 14.9. The number of benzene rings is 6. The van der Waals surface area contributed by atoms with Crippen LogP contribution in [0.25, 0.3) is 0 Å². The zero-order valence-corrected chi connectivity index (χ0v) is 86.2. The molecule has 4 saturated carbocycles. The fraction of sp³-hybridized carbons (Fsp3) is 0.661. The van der Waals surface area contributed by atoms with Crippen LogP contribution < -0.4 is 4.74 Å². The van der Waals surface area contributed by atoms with Gasteiger partial charge in [-0.15, -0.1) is 0 Å². The Bertz CT molecular complexity index is 3360. The van der Waals surface area contributed by atoms with E-state index >= 15 is 0 Å². The Balaban J connectivity index is 0. The lowest BCUT2D eigenvalue weighted by Gasteiger charge is -2.39. The second kappa shape index (κ2) is 72.2. The molecule has 4 aliphatic rings. The van der Waals surface area contributed by atoms with Crippen molar-refractivity contribution in [3.8, 4) is 5.75 Å². The first-order valence-electron chi connectivity index (χ1n) is 48.7. The molecule has 4 aliphatic carbocycles. The molecule has 690 valence electrons. The third-order valence-electron chi connectivity index (χ3n) is 23.9. The highest BCUT2D eigenvalue weighted by atomic mass is 127. The van der Waals surface area contributed by atoms with Gasteiger partial charge in [-0.2, -0.15) is 0 Å². The molecule has 2 atom stereocenters. The summed E-state index contributed by atoms with van der Waals surface area (Å²) in [7, 11) is 0.00936. The fourth-order valence-corrected chi connectivity index (χ4v) is 15.6. The van der Waals surface area contributed by atoms with E-state index in [0.29, 0.717) is 36.4 Å². The maximum atomic E-state index is 12.8. The van der Waals surface area contributed by atoms with Crippen molar-refractivity contribution in [2.45, 2.75) is 445 Å². The number of rotatable bonds is 29.